The fourth-order valence-electron chi connectivity index (χ4n) is 5.81. The molecule has 8 aromatic rings. The van der Waals surface area contributed by atoms with Crippen LogP contribution in [0.3, 0.4) is 0 Å². The first-order chi connectivity index (χ1) is 17.9. The third kappa shape index (κ3) is 2.71. The van der Waals surface area contributed by atoms with Gasteiger partial charge in [-0.25, -0.2) is 0 Å². The summed E-state index contributed by atoms with van der Waals surface area (Å²) in [4.78, 5) is 0. The Balaban J connectivity index is 1.56. The van der Waals surface area contributed by atoms with Crippen molar-refractivity contribution in [2.45, 2.75) is 0 Å². The molecule has 8 rings (SSSR count). The largest absolute Gasteiger partial charge is 0.463 e. The molecule has 2 heterocycles. The minimum absolute atomic E-state index is 0.980. The minimum Gasteiger partial charge on any atom is -0.463 e. The van der Waals surface area contributed by atoms with Crippen LogP contribution >= 0.6 is 11.3 Å². The monoisotopic (exact) mass is 476 g/mol. The van der Waals surface area contributed by atoms with Crippen molar-refractivity contribution in [2.24, 2.45) is 0 Å². The third-order valence-electron chi connectivity index (χ3n) is 7.35. The van der Waals surface area contributed by atoms with E-state index in [4.69, 9.17) is 4.42 Å². The summed E-state index contributed by atoms with van der Waals surface area (Å²) in [6.45, 7) is 0. The molecule has 0 fully saturated rings. The summed E-state index contributed by atoms with van der Waals surface area (Å²) in [6.07, 6.45) is 1.79. The van der Waals surface area contributed by atoms with E-state index in [0.717, 1.165) is 11.0 Å². The lowest BCUT2D eigenvalue weighted by atomic mass is 9.86. The molecule has 2 heteroatoms. The lowest BCUT2D eigenvalue weighted by Crippen LogP contribution is -1.90. The Bertz CT molecular complexity index is 2040. The molecule has 1 nitrogen and oxygen atoms in total. The Hall–Kier alpha value is -4.40. The average molecular weight is 477 g/mol. The zero-order valence-corrected chi connectivity index (χ0v) is 20.2. The van der Waals surface area contributed by atoms with Gasteiger partial charge in [-0.1, -0.05) is 109 Å². The summed E-state index contributed by atoms with van der Waals surface area (Å²) in [5.41, 5.74) is 6.10. The smallest absolute Gasteiger partial charge is 0.151 e. The second-order valence-corrected chi connectivity index (χ2v) is 10.3. The molecule has 2 aromatic heterocycles. The summed E-state index contributed by atoms with van der Waals surface area (Å²) >= 11 is 1.84. The molecule has 0 spiro atoms. The summed E-state index contributed by atoms with van der Waals surface area (Å²) in [5.74, 6) is 0. The number of thiophene rings is 1. The molecule has 0 bridgehead atoms. The van der Waals surface area contributed by atoms with Crippen LogP contribution in [0.15, 0.2) is 126 Å². The van der Waals surface area contributed by atoms with E-state index in [2.05, 4.69) is 109 Å². The highest BCUT2D eigenvalue weighted by Gasteiger charge is 2.19. The first kappa shape index (κ1) is 19.9. The molecule has 0 saturated heterocycles. The highest BCUT2D eigenvalue weighted by molar-refractivity contribution is 7.27. The molecule has 168 valence electrons. The number of rotatable bonds is 2. The Kier molecular flexibility index (Phi) is 4.16. The number of hydrogen-bond donors (Lipinski definition) is 0. The van der Waals surface area contributed by atoms with E-state index >= 15 is 0 Å². The van der Waals surface area contributed by atoms with E-state index in [-0.39, 0.29) is 0 Å². The molecule has 0 aliphatic heterocycles. The summed E-state index contributed by atoms with van der Waals surface area (Å²) in [7, 11) is 0. The van der Waals surface area contributed by atoms with Crippen molar-refractivity contribution in [1.29, 1.82) is 0 Å². The number of furan rings is 1. The van der Waals surface area contributed by atoms with Gasteiger partial charge in [0, 0.05) is 26.4 Å². The van der Waals surface area contributed by atoms with E-state index in [1.807, 2.05) is 17.4 Å². The van der Waals surface area contributed by atoms with Gasteiger partial charge in [0.2, 0.25) is 0 Å². The Morgan fingerprint density at radius 2 is 1.06 bits per heavy atom. The molecule has 0 aliphatic rings. The molecule has 0 amide bonds. The van der Waals surface area contributed by atoms with Crippen LogP contribution in [0.2, 0.25) is 0 Å². The molecule has 0 unspecified atom stereocenters. The molecule has 0 N–H and O–H groups in total. The quantitative estimate of drug-likeness (QED) is 0.226. The van der Waals surface area contributed by atoms with Gasteiger partial charge in [-0.2, -0.15) is 0 Å². The second kappa shape index (κ2) is 7.55. The van der Waals surface area contributed by atoms with Gasteiger partial charge in [0.25, 0.3) is 0 Å². The van der Waals surface area contributed by atoms with Crippen molar-refractivity contribution in [3.8, 4) is 22.3 Å². The molecule has 0 saturated carbocycles. The van der Waals surface area contributed by atoms with Crippen molar-refractivity contribution in [3.63, 3.8) is 0 Å². The van der Waals surface area contributed by atoms with Crippen LogP contribution in [0, 0.1) is 0 Å². The maximum absolute atomic E-state index is 5.92. The third-order valence-corrected chi connectivity index (χ3v) is 8.60. The predicted molar refractivity (Wildman–Crippen MR) is 155 cm³/mol. The first-order valence-electron chi connectivity index (χ1n) is 12.2. The number of benzene rings is 6. The van der Waals surface area contributed by atoms with Gasteiger partial charge in [-0.3, -0.25) is 0 Å². The van der Waals surface area contributed by atoms with Crippen LogP contribution in [-0.4, -0.2) is 0 Å². The second-order valence-electron chi connectivity index (χ2n) is 9.27. The average Bonchev–Trinajstić information content (AvgIpc) is 3.57. The van der Waals surface area contributed by atoms with Crippen LogP contribution in [-0.2, 0) is 0 Å². The van der Waals surface area contributed by atoms with Crippen molar-refractivity contribution < 1.29 is 4.42 Å². The normalized spacial score (nSPS) is 11.9. The summed E-state index contributed by atoms with van der Waals surface area (Å²) in [6, 6.07) is 41.7. The van der Waals surface area contributed by atoms with E-state index in [0.29, 0.717) is 0 Å². The SMILES string of the molecule is c1ccc(-c2c3ccccc3c(-c3cccc4c3sc3c4ccc4ccoc43)c3ccccc23)cc1. The molecule has 36 heavy (non-hydrogen) atoms. The maximum atomic E-state index is 5.92. The van der Waals surface area contributed by atoms with Gasteiger partial charge >= 0.3 is 0 Å². The van der Waals surface area contributed by atoms with Gasteiger partial charge < -0.3 is 4.42 Å². The van der Waals surface area contributed by atoms with E-state index in [1.165, 1.54) is 64.0 Å². The van der Waals surface area contributed by atoms with E-state index in [9.17, 15) is 0 Å². The van der Waals surface area contributed by atoms with E-state index < -0.39 is 0 Å². The zero-order chi connectivity index (χ0) is 23.6. The van der Waals surface area contributed by atoms with Gasteiger partial charge in [0.1, 0.15) is 0 Å². The predicted octanol–water partition coefficient (Wildman–Crippen LogP) is 10.4. The standard InChI is InChI=1S/C34H20OS/c1-2-9-21(10-3-1)30-23-11-4-6-13-25(23)31(26-14-7-5-12-24(26)30)29-16-8-15-27-28-18-17-22-19-20-35-32(22)34(28)36-33(27)29/h1-20H. The fourth-order valence-corrected chi connectivity index (χ4v) is 7.13. The van der Waals surface area contributed by atoms with Crippen LogP contribution in [0.1, 0.15) is 0 Å². The lowest BCUT2D eigenvalue weighted by Gasteiger charge is -2.18. The minimum atomic E-state index is 0.980. The van der Waals surface area contributed by atoms with Gasteiger partial charge in [-0.15, -0.1) is 11.3 Å². The van der Waals surface area contributed by atoms with Crippen molar-refractivity contribution in [3.05, 3.63) is 122 Å². The van der Waals surface area contributed by atoms with Crippen molar-refractivity contribution in [2.75, 3.05) is 0 Å². The number of fused-ring (bicyclic) bond motifs is 7. The zero-order valence-electron chi connectivity index (χ0n) is 19.4. The Labute approximate surface area is 211 Å². The summed E-state index contributed by atoms with van der Waals surface area (Å²) in [5, 5.41) is 8.82. The van der Waals surface area contributed by atoms with Gasteiger partial charge in [-0.05, 0) is 44.3 Å². The van der Waals surface area contributed by atoms with Crippen molar-refractivity contribution in [1.82, 2.24) is 0 Å². The summed E-state index contributed by atoms with van der Waals surface area (Å²) < 4.78 is 8.44. The van der Waals surface area contributed by atoms with Crippen LogP contribution < -0.4 is 0 Å². The van der Waals surface area contributed by atoms with Crippen LogP contribution in [0.5, 0.6) is 0 Å². The molecule has 0 atom stereocenters. The Morgan fingerprint density at radius 1 is 0.444 bits per heavy atom. The number of hydrogen-bond acceptors (Lipinski definition) is 2. The van der Waals surface area contributed by atoms with Gasteiger partial charge in [0.15, 0.2) is 5.58 Å². The van der Waals surface area contributed by atoms with Crippen LogP contribution in [0.25, 0.3) is 74.9 Å². The highest BCUT2D eigenvalue weighted by Crippen LogP contribution is 2.48. The highest BCUT2D eigenvalue weighted by atomic mass is 32.1. The molecular formula is C34H20OS. The lowest BCUT2D eigenvalue weighted by molar-refractivity contribution is 0.619. The molecule has 6 aromatic carbocycles. The molecule has 0 radical (unpaired) electrons. The van der Waals surface area contributed by atoms with Gasteiger partial charge in [0.05, 0.1) is 11.0 Å². The fraction of sp³-hybridized carbons (Fsp3) is 0. The maximum Gasteiger partial charge on any atom is 0.151 e. The molecule has 0 aliphatic carbocycles. The van der Waals surface area contributed by atoms with E-state index in [1.54, 1.807) is 6.26 Å². The topological polar surface area (TPSA) is 13.1 Å². The van der Waals surface area contributed by atoms with Crippen molar-refractivity contribution >= 4 is 64.0 Å². The first-order valence-corrected chi connectivity index (χ1v) is 13.0. The Morgan fingerprint density at radius 3 is 1.78 bits per heavy atom. The molecular weight excluding hydrogens is 456 g/mol. The van der Waals surface area contributed by atoms with Crippen LogP contribution in [0.4, 0.5) is 0 Å².